The van der Waals surface area contributed by atoms with Gasteiger partial charge in [0.25, 0.3) is 0 Å². The Morgan fingerprint density at radius 2 is 2.26 bits per heavy atom. The molecule has 1 N–H and O–H groups in total. The van der Waals surface area contributed by atoms with E-state index in [4.69, 9.17) is 4.74 Å². The van der Waals surface area contributed by atoms with Crippen molar-refractivity contribution in [3.63, 3.8) is 0 Å². The lowest BCUT2D eigenvalue weighted by molar-refractivity contribution is -0.131. The molecule has 4 nitrogen and oxygen atoms in total. The minimum Gasteiger partial charge on any atom is -0.378 e. The van der Waals surface area contributed by atoms with E-state index in [0.29, 0.717) is 12.0 Å². The van der Waals surface area contributed by atoms with Crippen molar-refractivity contribution >= 4 is 5.91 Å². The molecule has 0 aromatic rings. The maximum atomic E-state index is 12.4. The first-order valence-corrected chi connectivity index (χ1v) is 7.81. The van der Waals surface area contributed by atoms with Crippen molar-refractivity contribution in [2.75, 3.05) is 13.2 Å². The molecule has 2 heterocycles. The molecule has 4 atom stereocenters. The van der Waals surface area contributed by atoms with Gasteiger partial charge in [0, 0.05) is 13.2 Å². The Balaban J connectivity index is 1.84. The largest absolute Gasteiger partial charge is 0.378 e. The SMILES string of the molecule is CCC(C)C1NC(C)N(CCC2CCCCO2)C1=O. The van der Waals surface area contributed by atoms with Crippen molar-refractivity contribution in [1.82, 2.24) is 10.2 Å². The van der Waals surface area contributed by atoms with E-state index in [1.54, 1.807) is 0 Å². The molecule has 0 aliphatic carbocycles. The average Bonchev–Trinajstić information content (AvgIpc) is 2.72. The second-order valence-corrected chi connectivity index (χ2v) is 6.01. The Labute approximate surface area is 116 Å². The van der Waals surface area contributed by atoms with Gasteiger partial charge in [0.2, 0.25) is 5.91 Å². The Bertz CT molecular complexity index is 303. The summed E-state index contributed by atoms with van der Waals surface area (Å²) in [6, 6.07) is 0.00674. The molecule has 2 aliphatic rings. The number of amides is 1. The van der Waals surface area contributed by atoms with Gasteiger partial charge in [-0.1, -0.05) is 20.3 Å². The first-order valence-electron chi connectivity index (χ1n) is 7.81. The second kappa shape index (κ2) is 6.71. The maximum Gasteiger partial charge on any atom is 0.241 e. The van der Waals surface area contributed by atoms with Crippen LogP contribution in [0.2, 0.25) is 0 Å². The van der Waals surface area contributed by atoms with Gasteiger partial charge in [0.1, 0.15) is 0 Å². The van der Waals surface area contributed by atoms with Gasteiger partial charge < -0.3 is 9.64 Å². The summed E-state index contributed by atoms with van der Waals surface area (Å²) in [5.74, 6) is 0.684. The lowest BCUT2D eigenvalue weighted by Gasteiger charge is -2.26. The molecule has 0 aromatic carbocycles. The zero-order valence-electron chi connectivity index (χ0n) is 12.5. The van der Waals surface area contributed by atoms with Crippen LogP contribution in [0.25, 0.3) is 0 Å². The highest BCUT2D eigenvalue weighted by Crippen LogP contribution is 2.21. The van der Waals surface area contributed by atoms with Gasteiger partial charge in [-0.3, -0.25) is 10.1 Å². The van der Waals surface area contributed by atoms with Crippen molar-refractivity contribution in [3.8, 4) is 0 Å². The predicted octanol–water partition coefficient (Wildman–Crippen LogP) is 2.14. The minimum absolute atomic E-state index is 0.00674. The van der Waals surface area contributed by atoms with Crippen molar-refractivity contribution in [2.45, 2.75) is 71.2 Å². The zero-order chi connectivity index (χ0) is 13.8. The van der Waals surface area contributed by atoms with Crippen LogP contribution in [-0.4, -0.2) is 42.3 Å². The van der Waals surface area contributed by atoms with Gasteiger partial charge in [-0.2, -0.15) is 0 Å². The molecule has 0 aromatic heterocycles. The number of hydrogen-bond acceptors (Lipinski definition) is 3. The third-order valence-electron chi connectivity index (χ3n) is 4.62. The van der Waals surface area contributed by atoms with Gasteiger partial charge >= 0.3 is 0 Å². The molecule has 2 aliphatic heterocycles. The van der Waals surface area contributed by atoms with Gasteiger partial charge in [0.15, 0.2) is 0 Å². The summed E-state index contributed by atoms with van der Waals surface area (Å²) in [4.78, 5) is 14.4. The fourth-order valence-corrected chi connectivity index (χ4v) is 3.06. The van der Waals surface area contributed by atoms with E-state index < -0.39 is 0 Å². The Hall–Kier alpha value is -0.610. The van der Waals surface area contributed by atoms with Gasteiger partial charge in [-0.15, -0.1) is 0 Å². The first-order chi connectivity index (χ1) is 9.13. The normalized spacial score (nSPS) is 33.7. The zero-order valence-corrected chi connectivity index (χ0v) is 12.5. The Morgan fingerprint density at radius 3 is 2.89 bits per heavy atom. The monoisotopic (exact) mass is 268 g/mol. The third kappa shape index (κ3) is 3.48. The summed E-state index contributed by atoms with van der Waals surface area (Å²) < 4.78 is 5.75. The second-order valence-electron chi connectivity index (χ2n) is 6.01. The van der Waals surface area contributed by atoms with Crippen LogP contribution in [0.1, 0.15) is 52.9 Å². The molecule has 0 bridgehead atoms. The average molecular weight is 268 g/mol. The van der Waals surface area contributed by atoms with Crippen LogP contribution in [0, 0.1) is 5.92 Å². The molecule has 4 unspecified atom stereocenters. The molecule has 0 radical (unpaired) electrons. The standard InChI is InChI=1S/C15H28N2O2/c1-4-11(2)14-15(18)17(12(3)16-14)9-8-13-7-5-6-10-19-13/h11-14,16H,4-10H2,1-3H3. The van der Waals surface area contributed by atoms with Crippen LogP contribution < -0.4 is 5.32 Å². The lowest BCUT2D eigenvalue weighted by atomic mass is 9.99. The summed E-state index contributed by atoms with van der Waals surface area (Å²) in [6.45, 7) is 8.09. The quantitative estimate of drug-likeness (QED) is 0.830. The predicted molar refractivity (Wildman–Crippen MR) is 75.8 cm³/mol. The molecule has 1 amide bonds. The molecule has 19 heavy (non-hydrogen) atoms. The van der Waals surface area contributed by atoms with Gasteiger partial charge in [-0.05, 0) is 38.5 Å². The number of nitrogens with zero attached hydrogens (tertiary/aromatic N) is 1. The summed E-state index contributed by atoms with van der Waals surface area (Å²) in [5.41, 5.74) is 0. The van der Waals surface area contributed by atoms with Crippen molar-refractivity contribution in [3.05, 3.63) is 0 Å². The number of nitrogens with one attached hydrogen (secondary N) is 1. The first kappa shape index (κ1) is 14.8. The molecule has 110 valence electrons. The van der Waals surface area contributed by atoms with Crippen molar-refractivity contribution in [2.24, 2.45) is 5.92 Å². The van der Waals surface area contributed by atoms with Gasteiger partial charge in [0.05, 0.1) is 18.3 Å². The highest BCUT2D eigenvalue weighted by molar-refractivity contribution is 5.84. The Kier molecular flexibility index (Phi) is 5.22. The van der Waals surface area contributed by atoms with Crippen molar-refractivity contribution < 1.29 is 9.53 Å². The topological polar surface area (TPSA) is 41.6 Å². The molecular formula is C15H28N2O2. The fourth-order valence-electron chi connectivity index (χ4n) is 3.06. The summed E-state index contributed by atoms with van der Waals surface area (Å²) in [5, 5.41) is 3.43. The van der Waals surface area contributed by atoms with E-state index in [2.05, 4.69) is 26.1 Å². The van der Waals surface area contributed by atoms with Crippen LogP contribution in [0.3, 0.4) is 0 Å². The highest BCUT2D eigenvalue weighted by Gasteiger charge is 2.38. The van der Waals surface area contributed by atoms with E-state index in [9.17, 15) is 4.79 Å². The molecule has 4 heteroatoms. The fraction of sp³-hybridized carbons (Fsp3) is 0.933. The summed E-state index contributed by atoms with van der Waals surface area (Å²) in [7, 11) is 0. The van der Waals surface area contributed by atoms with Crippen LogP contribution in [-0.2, 0) is 9.53 Å². The van der Waals surface area contributed by atoms with E-state index in [-0.39, 0.29) is 18.1 Å². The smallest absolute Gasteiger partial charge is 0.241 e. The highest BCUT2D eigenvalue weighted by atomic mass is 16.5. The number of carbonyl (C=O) groups excluding carboxylic acids is 1. The number of hydrogen-bond donors (Lipinski definition) is 1. The number of rotatable bonds is 5. The van der Waals surface area contributed by atoms with Gasteiger partial charge in [-0.25, -0.2) is 0 Å². The maximum absolute atomic E-state index is 12.4. The van der Waals surface area contributed by atoms with Crippen LogP contribution in [0.5, 0.6) is 0 Å². The van der Waals surface area contributed by atoms with Crippen LogP contribution >= 0.6 is 0 Å². The number of carbonyl (C=O) groups is 1. The van der Waals surface area contributed by atoms with Crippen molar-refractivity contribution in [1.29, 1.82) is 0 Å². The molecule has 0 spiro atoms. The molecular weight excluding hydrogens is 240 g/mol. The van der Waals surface area contributed by atoms with Crippen LogP contribution in [0.15, 0.2) is 0 Å². The van der Waals surface area contributed by atoms with E-state index in [0.717, 1.165) is 32.4 Å². The molecule has 2 fully saturated rings. The molecule has 2 saturated heterocycles. The Morgan fingerprint density at radius 1 is 1.47 bits per heavy atom. The number of ether oxygens (including phenoxy) is 1. The summed E-state index contributed by atoms with van der Waals surface area (Å²) in [6.07, 6.45) is 6.14. The lowest BCUT2D eigenvalue weighted by Crippen LogP contribution is -2.37. The molecule has 2 rings (SSSR count). The summed E-state index contributed by atoms with van der Waals surface area (Å²) >= 11 is 0. The van der Waals surface area contributed by atoms with E-state index >= 15 is 0 Å². The van der Waals surface area contributed by atoms with E-state index in [1.807, 2.05) is 4.90 Å². The third-order valence-corrected chi connectivity index (χ3v) is 4.62. The minimum atomic E-state index is 0.00674. The molecule has 0 saturated carbocycles. The van der Waals surface area contributed by atoms with E-state index in [1.165, 1.54) is 12.8 Å². The van der Waals surface area contributed by atoms with Crippen LogP contribution in [0.4, 0.5) is 0 Å².